The lowest BCUT2D eigenvalue weighted by Gasteiger charge is -2.49. The monoisotopic (exact) mass is 405 g/mol. The van der Waals surface area contributed by atoms with Gasteiger partial charge in [0.25, 0.3) is 0 Å². The molecule has 1 aliphatic carbocycles. The van der Waals surface area contributed by atoms with Gasteiger partial charge < -0.3 is 4.90 Å². The second-order valence-corrected chi connectivity index (χ2v) is 9.05. The first kappa shape index (κ1) is 19.4. The van der Waals surface area contributed by atoms with Gasteiger partial charge >= 0.3 is 6.03 Å². The quantitative estimate of drug-likeness (QED) is 0.694. The van der Waals surface area contributed by atoms with Crippen LogP contribution in [-0.4, -0.2) is 41.3 Å². The van der Waals surface area contributed by atoms with Gasteiger partial charge in [-0.15, -0.1) is 0 Å². The Morgan fingerprint density at radius 1 is 1.13 bits per heavy atom. The van der Waals surface area contributed by atoms with Crippen LogP contribution < -0.4 is 4.90 Å². The number of likely N-dealkylation sites (tertiary alicyclic amines) is 1. The number of carbonyl (C=O) groups is 1. The van der Waals surface area contributed by atoms with E-state index >= 15 is 0 Å². The molecule has 2 aliphatic heterocycles. The largest absolute Gasteiger partial charge is 0.349 e. The Bertz CT molecular complexity index is 971. The summed E-state index contributed by atoms with van der Waals surface area (Å²) in [5.74, 6) is 0.479. The maximum Gasteiger partial charge on any atom is 0.349 e. The predicted octanol–water partition coefficient (Wildman–Crippen LogP) is 5.28. The van der Waals surface area contributed by atoms with Crippen molar-refractivity contribution in [2.24, 2.45) is 10.9 Å². The number of anilines is 1. The van der Waals surface area contributed by atoms with Gasteiger partial charge in [-0.1, -0.05) is 42.8 Å². The lowest BCUT2D eigenvalue weighted by atomic mass is 9.75. The second kappa shape index (κ2) is 7.62. The Kier molecular flexibility index (Phi) is 4.94. The number of benzene rings is 2. The van der Waals surface area contributed by atoms with Crippen molar-refractivity contribution in [3.05, 3.63) is 66.0 Å². The standard InChI is InChI=1S/C25H28FN3O/c1-18-16-25(13-14-28(18)17-19-7-5-8-19)23(20-9-3-2-4-10-20)27-24(30)29(25)22-12-6-11-21(26)15-22/h2-4,6,9-12,15,18-19H,5,7-8,13-14,16-17H2,1H3/t18-,25+/m0/s1. The Hall–Kier alpha value is -2.53. The molecular formula is C25H28FN3O. The Morgan fingerprint density at radius 3 is 2.60 bits per heavy atom. The maximum atomic E-state index is 14.1. The molecule has 0 N–H and O–H groups in total. The third-order valence-corrected chi connectivity index (χ3v) is 7.17. The zero-order valence-corrected chi connectivity index (χ0v) is 17.4. The summed E-state index contributed by atoms with van der Waals surface area (Å²) < 4.78 is 14.1. The van der Waals surface area contributed by atoms with Gasteiger partial charge in [-0.05, 0) is 62.3 Å². The fourth-order valence-electron chi connectivity index (χ4n) is 5.41. The lowest BCUT2D eigenvalue weighted by molar-refractivity contribution is 0.0908. The summed E-state index contributed by atoms with van der Waals surface area (Å²) in [7, 11) is 0. The van der Waals surface area contributed by atoms with Crippen molar-refractivity contribution in [1.82, 2.24) is 4.90 Å². The zero-order valence-electron chi connectivity index (χ0n) is 17.4. The Balaban J connectivity index is 1.53. The molecule has 2 amide bonds. The number of halogens is 1. The first-order valence-corrected chi connectivity index (χ1v) is 11.1. The van der Waals surface area contributed by atoms with Crippen LogP contribution in [0.4, 0.5) is 14.9 Å². The fraction of sp³-hybridized carbons (Fsp3) is 0.440. The highest BCUT2D eigenvalue weighted by molar-refractivity contribution is 6.23. The van der Waals surface area contributed by atoms with Crippen LogP contribution in [0.15, 0.2) is 59.6 Å². The molecule has 2 aromatic rings. The minimum atomic E-state index is -0.540. The molecule has 0 radical (unpaired) electrons. The van der Waals surface area contributed by atoms with Gasteiger partial charge in [0.1, 0.15) is 5.82 Å². The smallest absolute Gasteiger partial charge is 0.300 e. The summed E-state index contributed by atoms with van der Waals surface area (Å²) in [5, 5.41) is 0. The van der Waals surface area contributed by atoms with Crippen LogP contribution in [0, 0.1) is 11.7 Å². The van der Waals surface area contributed by atoms with Crippen molar-refractivity contribution in [1.29, 1.82) is 0 Å². The molecule has 0 unspecified atom stereocenters. The van der Waals surface area contributed by atoms with Gasteiger partial charge in [-0.3, -0.25) is 4.90 Å². The van der Waals surface area contributed by atoms with Crippen molar-refractivity contribution in [3.8, 4) is 0 Å². The van der Waals surface area contributed by atoms with E-state index < -0.39 is 5.54 Å². The normalized spacial score (nSPS) is 27.4. The van der Waals surface area contributed by atoms with E-state index in [1.807, 2.05) is 36.4 Å². The highest BCUT2D eigenvalue weighted by Crippen LogP contribution is 2.43. The molecule has 2 fully saturated rings. The first-order valence-electron chi connectivity index (χ1n) is 11.1. The van der Waals surface area contributed by atoms with Gasteiger partial charge in [0.05, 0.1) is 11.3 Å². The third-order valence-electron chi connectivity index (χ3n) is 7.17. The number of rotatable bonds is 4. The molecule has 0 bridgehead atoms. The highest BCUT2D eigenvalue weighted by atomic mass is 19.1. The SMILES string of the molecule is C[C@H]1C[C@]2(CCN1CC1CCC1)C(c1ccccc1)=NC(=O)N2c1cccc(F)c1. The molecule has 1 spiro atoms. The molecule has 1 saturated carbocycles. The van der Waals surface area contributed by atoms with Crippen molar-refractivity contribution in [2.75, 3.05) is 18.0 Å². The highest BCUT2D eigenvalue weighted by Gasteiger charge is 2.53. The molecule has 2 aromatic carbocycles. The number of hydrogen-bond donors (Lipinski definition) is 0. The summed E-state index contributed by atoms with van der Waals surface area (Å²) in [6.45, 7) is 4.32. The van der Waals surface area contributed by atoms with Crippen LogP contribution in [0.1, 0.15) is 44.6 Å². The fourth-order valence-corrected chi connectivity index (χ4v) is 5.41. The molecule has 5 rings (SSSR count). The van der Waals surface area contributed by atoms with E-state index in [-0.39, 0.29) is 11.8 Å². The van der Waals surface area contributed by atoms with Crippen molar-refractivity contribution >= 4 is 17.4 Å². The minimum absolute atomic E-state index is 0.293. The average molecular weight is 406 g/mol. The number of carbonyl (C=O) groups excluding carboxylic acids is 1. The maximum absolute atomic E-state index is 14.1. The van der Waals surface area contributed by atoms with E-state index in [0.29, 0.717) is 11.7 Å². The number of aliphatic imine (C=N–C) groups is 1. The van der Waals surface area contributed by atoms with Crippen molar-refractivity contribution in [3.63, 3.8) is 0 Å². The number of amides is 2. The van der Waals surface area contributed by atoms with Crippen molar-refractivity contribution in [2.45, 2.75) is 50.6 Å². The van der Waals surface area contributed by atoms with Gasteiger partial charge in [-0.2, -0.15) is 4.99 Å². The van der Waals surface area contributed by atoms with Crippen molar-refractivity contribution < 1.29 is 9.18 Å². The van der Waals surface area contributed by atoms with Gasteiger partial charge in [-0.25, -0.2) is 9.18 Å². The lowest BCUT2D eigenvalue weighted by Crippen LogP contribution is -2.61. The topological polar surface area (TPSA) is 35.9 Å². The van der Waals surface area contributed by atoms with E-state index in [2.05, 4.69) is 16.8 Å². The number of hydrogen-bond acceptors (Lipinski definition) is 2. The predicted molar refractivity (Wildman–Crippen MR) is 118 cm³/mol. The summed E-state index contributed by atoms with van der Waals surface area (Å²) in [4.78, 5) is 22.0. The van der Waals surface area contributed by atoms with Crippen LogP contribution in [0.5, 0.6) is 0 Å². The second-order valence-electron chi connectivity index (χ2n) is 9.05. The summed E-state index contributed by atoms with van der Waals surface area (Å²) in [6, 6.07) is 16.4. The van der Waals surface area contributed by atoms with Gasteiger partial charge in [0.15, 0.2) is 0 Å². The minimum Gasteiger partial charge on any atom is -0.300 e. The van der Waals surface area contributed by atoms with E-state index in [9.17, 15) is 9.18 Å². The first-order chi connectivity index (χ1) is 14.6. The number of urea groups is 1. The Morgan fingerprint density at radius 2 is 1.93 bits per heavy atom. The van der Waals surface area contributed by atoms with E-state index in [1.165, 1.54) is 31.4 Å². The number of piperidine rings is 1. The van der Waals surface area contributed by atoms with E-state index in [0.717, 1.165) is 43.1 Å². The summed E-state index contributed by atoms with van der Waals surface area (Å²) >= 11 is 0. The van der Waals surface area contributed by atoms with E-state index in [4.69, 9.17) is 0 Å². The molecular weight excluding hydrogens is 377 g/mol. The molecule has 3 aliphatic rings. The van der Waals surface area contributed by atoms with Gasteiger partial charge in [0, 0.05) is 24.8 Å². The molecule has 156 valence electrons. The molecule has 30 heavy (non-hydrogen) atoms. The summed E-state index contributed by atoms with van der Waals surface area (Å²) in [6.07, 6.45) is 5.62. The average Bonchev–Trinajstić information content (AvgIpc) is 2.98. The molecule has 5 heteroatoms. The Labute approximate surface area is 177 Å². The van der Waals surface area contributed by atoms with Crippen LogP contribution in [0.2, 0.25) is 0 Å². The summed E-state index contributed by atoms with van der Waals surface area (Å²) in [5.41, 5.74) is 1.85. The van der Waals surface area contributed by atoms with Crippen LogP contribution in [-0.2, 0) is 0 Å². The zero-order chi connectivity index (χ0) is 20.7. The molecule has 4 nitrogen and oxygen atoms in total. The van der Waals surface area contributed by atoms with Crippen LogP contribution >= 0.6 is 0 Å². The molecule has 2 heterocycles. The molecule has 1 saturated heterocycles. The molecule has 0 aromatic heterocycles. The van der Waals surface area contributed by atoms with Crippen LogP contribution in [0.3, 0.4) is 0 Å². The third kappa shape index (κ3) is 3.25. The molecule has 2 atom stereocenters. The van der Waals surface area contributed by atoms with Gasteiger partial charge in [0.2, 0.25) is 0 Å². The number of nitrogens with zero attached hydrogens (tertiary/aromatic N) is 3. The van der Waals surface area contributed by atoms with E-state index in [1.54, 1.807) is 11.0 Å². The van der Waals surface area contributed by atoms with Crippen LogP contribution in [0.25, 0.3) is 0 Å².